The average molecular weight is 262 g/mol. The number of morpholine rings is 1. The lowest BCUT2D eigenvalue weighted by molar-refractivity contribution is 0.0398. The fourth-order valence-corrected chi connectivity index (χ4v) is 2.27. The van der Waals surface area contributed by atoms with E-state index in [1.807, 2.05) is 0 Å². The van der Waals surface area contributed by atoms with Crippen molar-refractivity contribution in [3.05, 3.63) is 29.8 Å². The molecule has 1 aliphatic rings. The first kappa shape index (κ1) is 14.4. The Morgan fingerprint density at radius 3 is 2.32 bits per heavy atom. The van der Waals surface area contributed by atoms with Gasteiger partial charge in [-0.05, 0) is 23.1 Å². The van der Waals surface area contributed by atoms with Crippen LogP contribution in [0.5, 0.6) is 0 Å². The van der Waals surface area contributed by atoms with Crippen LogP contribution < -0.4 is 5.32 Å². The first-order chi connectivity index (χ1) is 9.05. The molecule has 0 amide bonds. The Morgan fingerprint density at radius 1 is 1.11 bits per heavy atom. The quantitative estimate of drug-likeness (QED) is 0.903. The number of ether oxygens (including phenoxy) is 1. The zero-order valence-electron chi connectivity index (χ0n) is 12.4. The predicted octanol–water partition coefficient (Wildman–Crippen LogP) is 2.73. The summed E-state index contributed by atoms with van der Waals surface area (Å²) in [4.78, 5) is 2.44. The van der Waals surface area contributed by atoms with E-state index in [4.69, 9.17) is 4.74 Å². The van der Waals surface area contributed by atoms with Crippen molar-refractivity contribution in [1.82, 2.24) is 4.90 Å². The maximum Gasteiger partial charge on any atom is 0.0594 e. The Morgan fingerprint density at radius 2 is 1.74 bits per heavy atom. The highest BCUT2D eigenvalue weighted by atomic mass is 16.5. The molecule has 106 valence electrons. The summed E-state index contributed by atoms with van der Waals surface area (Å²) in [5.74, 6) is 0. The lowest BCUT2D eigenvalue weighted by atomic mass is 9.87. The molecule has 1 aliphatic heterocycles. The van der Waals surface area contributed by atoms with Crippen LogP contribution in [0.4, 0.5) is 5.69 Å². The lowest BCUT2D eigenvalue weighted by Crippen LogP contribution is -2.39. The molecule has 0 saturated carbocycles. The number of hydrogen-bond acceptors (Lipinski definition) is 3. The topological polar surface area (TPSA) is 24.5 Å². The highest BCUT2D eigenvalue weighted by molar-refractivity contribution is 5.45. The third-order valence-electron chi connectivity index (χ3n) is 3.61. The molecule has 0 bridgehead atoms. The molecule has 1 aromatic rings. The van der Waals surface area contributed by atoms with Crippen molar-refractivity contribution in [2.75, 3.05) is 44.7 Å². The summed E-state index contributed by atoms with van der Waals surface area (Å²) < 4.78 is 5.35. The van der Waals surface area contributed by atoms with E-state index in [-0.39, 0.29) is 5.41 Å². The van der Waals surface area contributed by atoms with Gasteiger partial charge in [0.1, 0.15) is 0 Å². The van der Waals surface area contributed by atoms with Crippen molar-refractivity contribution in [2.24, 2.45) is 0 Å². The number of anilines is 1. The van der Waals surface area contributed by atoms with Gasteiger partial charge >= 0.3 is 0 Å². The first-order valence-corrected chi connectivity index (χ1v) is 7.20. The maximum absolute atomic E-state index is 5.35. The van der Waals surface area contributed by atoms with Crippen LogP contribution in [0, 0.1) is 0 Å². The number of benzene rings is 1. The Balaban J connectivity index is 1.76. The highest BCUT2D eigenvalue weighted by Crippen LogP contribution is 2.23. The van der Waals surface area contributed by atoms with Gasteiger partial charge in [-0.1, -0.05) is 32.9 Å². The molecule has 2 rings (SSSR count). The molecular formula is C16H26N2O. The number of rotatable bonds is 4. The molecule has 0 aromatic heterocycles. The van der Waals surface area contributed by atoms with E-state index in [1.54, 1.807) is 0 Å². The van der Waals surface area contributed by atoms with Gasteiger partial charge in [0.05, 0.1) is 13.2 Å². The Kier molecular flexibility index (Phi) is 4.83. The largest absolute Gasteiger partial charge is 0.384 e. The monoisotopic (exact) mass is 262 g/mol. The Labute approximate surface area is 116 Å². The minimum Gasteiger partial charge on any atom is -0.384 e. The molecule has 1 aromatic carbocycles. The molecular weight excluding hydrogens is 236 g/mol. The molecule has 0 radical (unpaired) electrons. The van der Waals surface area contributed by atoms with Gasteiger partial charge in [-0.25, -0.2) is 0 Å². The Bertz CT molecular complexity index is 375. The predicted molar refractivity (Wildman–Crippen MR) is 80.9 cm³/mol. The van der Waals surface area contributed by atoms with Gasteiger partial charge in [0.2, 0.25) is 0 Å². The lowest BCUT2D eigenvalue weighted by Gasteiger charge is -2.26. The molecule has 1 N–H and O–H groups in total. The number of hydrogen-bond donors (Lipinski definition) is 1. The smallest absolute Gasteiger partial charge is 0.0594 e. The second-order valence-electron chi connectivity index (χ2n) is 6.21. The van der Waals surface area contributed by atoms with Crippen LogP contribution in [0.3, 0.4) is 0 Å². The van der Waals surface area contributed by atoms with E-state index in [9.17, 15) is 0 Å². The van der Waals surface area contributed by atoms with Crippen molar-refractivity contribution in [1.29, 1.82) is 0 Å². The van der Waals surface area contributed by atoms with E-state index < -0.39 is 0 Å². The molecule has 1 heterocycles. The minimum absolute atomic E-state index is 0.229. The third-order valence-corrected chi connectivity index (χ3v) is 3.61. The van der Waals surface area contributed by atoms with Crippen molar-refractivity contribution in [3.8, 4) is 0 Å². The zero-order chi connectivity index (χ0) is 13.7. The van der Waals surface area contributed by atoms with Gasteiger partial charge in [-0.2, -0.15) is 0 Å². The maximum atomic E-state index is 5.35. The fourth-order valence-electron chi connectivity index (χ4n) is 2.27. The van der Waals surface area contributed by atoms with Crippen LogP contribution in [0.1, 0.15) is 26.3 Å². The molecule has 0 unspecified atom stereocenters. The second kappa shape index (κ2) is 6.40. The van der Waals surface area contributed by atoms with Gasteiger partial charge in [0.25, 0.3) is 0 Å². The summed E-state index contributed by atoms with van der Waals surface area (Å²) in [6, 6.07) is 8.80. The van der Waals surface area contributed by atoms with Crippen LogP contribution >= 0.6 is 0 Å². The van der Waals surface area contributed by atoms with Gasteiger partial charge in [0.15, 0.2) is 0 Å². The molecule has 1 fully saturated rings. The fraction of sp³-hybridized carbons (Fsp3) is 0.625. The summed E-state index contributed by atoms with van der Waals surface area (Å²) >= 11 is 0. The van der Waals surface area contributed by atoms with E-state index in [2.05, 4.69) is 55.3 Å². The summed E-state index contributed by atoms with van der Waals surface area (Å²) in [6.45, 7) is 12.7. The summed E-state index contributed by atoms with van der Waals surface area (Å²) in [5.41, 5.74) is 2.82. The van der Waals surface area contributed by atoms with Gasteiger partial charge in [0, 0.05) is 31.9 Å². The average Bonchev–Trinajstić information content (AvgIpc) is 2.39. The summed E-state index contributed by atoms with van der Waals surface area (Å²) in [6.07, 6.45) is 0. The molecule has 3 heteroatoms. The molecule has 19 heavy (non-hydrogen) atoms. The van der Waals surface area contributed by atoms with E-state index in [0.29, 0.717) is 0 Å². The van der Waals surface area contributed by atoms with Gasteiger partial charge in [-0.3, -0.25) is 4.90 Å². The molecule has 0 spiro atoms. The van der Waals surface area contributed by atoms with Crippen LogP contribution in [0.15, 0.2) is 24.3 Å². The van der Waals surface area contributed by atoms with E-state index in [0.717, 1.165) is 39.4 Å². The van der Waals surface area contributed by atoms with Crippen molar-refractivity contribution < 1.29 is 4.74 Å². The number of nitrogens with zero attached hydrogens (tertiary/aromatic N) is 1. The normalized spacial score (nSPS) is 17.4. The van der Waals surface area contributed by atoms with Crippen LogP contribution in [-0.2, 0) is 10.2 Å². The molecule has 3 nitrogen and oxygen atoms in total. The summed E-state index contributed by atoms with van der Waals surface area (Å²) in [5, 5.41) is 3.49. The third kappa shape index (κ3) is 4.51. The highest BCUT2D eigenvalue weighted by Gasteiger charge is 2.13. The SMILES string of the molecule is CC(C)(C)c1ccc(NCCN2CCOCC2)cc1. The van der Waals surface area contributed by atoms with Crippen molar-refractivity contribution in [2.45, 2.75) is 26.2 Å². The molecule has 1 saturated heterocycles. The molecule has 0 aliphatic carbocycles. The van der Waals surface area contributed by atoms with Crippen LogP contribution in [0.25, 0.3) is 0 Å². The van der Waals surface area contributed by atoms with Crippen molar-refractivity contribution >= 4 is 5.69 Å². The van der Waals surface area contributed by atoms with Gasteiger partial charge in [-0.15, -0.1) is 0 Å². The minimum atomic E-state index is 0.229. The first-order valence-electron chi connectivity index (χ1n) is 7.20. The molecule has 0 atom stereocenters. The van der Waals surface area contributed by atoms with E-state index in [1.165, 1.54) is 11.3 Å². The van der Waals surface area contributed by atoms with E-state index >= 15 is 0 Å². The van der Waals surface area contributed by atoms with Crippen LogP contribution in [0.2, 0.25) is 0 Å². The summed E-state index contributed by atoms with van der Waals surface area (Å²) in [7, 11) is 0. The van der Waals surface area contributed by atoms with Gasteiger partial charge < -0.3 is 10.1 Å². The Hall–Kier alpha value is -1.06. The number of nitrogens with one attached hydrogen (secondary N) is 1. The van der Waals surface area contributed by atoms with Crippen molar-refractivity contribution in [3.63, 3.8) is 0 Å². The second-order valence-corrected chi connectivity index (χ2v) is 6.21. The van der Waals surface area contributed by atoms with Crippen LogP contribution in [-0.4, -0.2) is 44.3 Å². The standard InChI is InChI=1S/C16H26N2O/c1-16(2,3)14-4-6-15(7-5-14)17-8-9-18-10-12-19-13-11-18/h4-7,17H,8-13H2,1-3H3. The zero-order valence-corrected chi connectivity index (χ0v) is 12.4.